The van der Waals surface area contributed by atoms with Crippen molar-refractivity contribution in [2.24, 2.45) is 5.73 Å². The fraction of sp³-hybridized carbons (Fsp3) is 0.182. The largest absolute Gasteiger partial charge is 0.497 e. The van der Waals surface area contributed by atoms with Crippen LogP contribution in [0.15, 0.2) is 36.4 Å². The average Bonchev–Trinajstić information content (AvgIpc) is 2.27. The van der Waals surface area contributed by atoms with Crippen LogP contribution in [-0.4, -0.2) is 18.2 Å². The van der Waals surface area contributed by atoms with Crippen LogP contribution in [0.1, 0.15) is 11.6 Å². The van der Waals surface area contributed by atoms with E-state index in [1.54, 1.807) is 31.4 Å². The Bertz CT molecular complexity index is 370. The number of hydrogen-bond acceptors (Lipinski definition) is 3. The van der Waals surface area contributed by atoms with Crippen molar-refractivity contribution >= 4 is 5.97 Å². The number of methoxy groups -OCH3 is 1. The van der Waals surface area contributed by atoms with Gasteiger partial charge in [0.25, 0.3) is 0 Å². The first-order valence-electron chi connectivity index (χ1n) is 4.38. The Kier molecular flexibility index (Phi) is 3.46. The molecule has 0 aromatic heterocycles. The van der Waals surface area contributed by atoms with Gasteiger partial charge in [-0.2, -0.15) is 0 Å². The monoisotopic (exact) mass is 207 g/mol. The molecule has 0 radical (unpaired) electrons. The number of carboxylic acid groups (broad SMARTS) is 1. The van der Waals surface area contributed by atoms with E-state index in [1.165, 1.54) is 0 Å². The topological polar surface area (TPSA) is 72.5 Å². The predicted octanol–water partition coefficient (Wildman–Crippen LogP) is 1.34. The summed E-state index contributed by atoms with van der Waals surface area (Å²) in [5.41, 5.74) is 6.38. The Hall–Kier alpha value is -1.81. The first-order chi connectivity index (χ1) is 7.06. The van der Waals surface area contributed by atoms with E-state index in [-0.39, 0.29) is 5.57 Å². The molecule has 1 rings (SSSR count). The van der Waals surface area contributed by atoms with E-state index < -0.39 is 12.0 Å². The minimum Gasteiger partial charge on any atom is -0.497 e. The van der Waals surface area contributed by atoms with Gasteiger partial charge in [0.1, 0.15) is 5.75 Å². The van der Waals surface area contributed by atoms with Crippen molar-refractivity contribution in [3.05, 3.63) is 42.0 Å². The molecule has 1 atom stereocenters. The van der Waals surface area contributed by atoms with Crippen molar-refractivity contribution in [3.63, 3.8) is 0 Å². The van der Waals surface area contributed by atoms with Crippen LogP contribution in [0.5, 0.6) is 5.75 Å². The maximum absolute atomic E-state index is 10.6. The van der Waals surface area contributed by atoms with Crippen molar-refractivity contribution in [3.8, 4) is 5.75 Å². The van der Waals surface area contributed by atoms with Crippen molar-refractivity contribution in [2.75, 3.05) is 7.11 Å². The predicted molar refractivity (Wildman–Crippen MR) is 56.7 cm³/mol. The van der Waals surface area contributed by atoms with Gasteiger partial charge in [-0.25, -0.2) is 4.79 Å². The fourth-order valence-corrected chi connectivity index (χ4v) is 1.15. The molecule has 0 spiro atoms. The molecule has 15 heavy (non-hydrogen) atoms. The van der Waals surface area contributed by atoms with Crippen LogP contribution in [0, 0.1) is 0 Å². The standard InChI is InChI=1S/C11H13NO3/c1-7(11(13)14)10(12)8-3-5-9(15-2)6-4-8/h3-6,10H,1,12H2,2H3,(H,13,14)/t10-/m1/s1. The van der Waals surface area contributed by atoms with E-state index in [9.17, 15) is 4.79 Å². The summed E-state index contributed by atoms with van der Waals surface area (Å²) >= 11 is 0. The van der Waals surface area contributed by atoms with Crippen LogP contribution in [0.3, 0.4) is 0 Å². The molecule has 0 fully saturated rings. The Morgan fingerprint density at radius 2 is 2.00 bits per heavy atom. The summed E-state index contributed by atoms with van der Waals surface area (Å²) in [5, 5.41) is 8.71. The quantitative estimate of drug-likeness (QED) is 0.731. The lowest BCUT2D eigenvalue weighted by Gasteiger charge is -2.12. The molecular weight excluding hydrogens is 194 g/mol. The molecule has 4 nitrogen and oxygen atoms in total. The van der Waals surface area contributed by atoms with Gasteiger partial charge in [-0.1, -0.05) is 18.7 Å². The molecular formula is C11H13NO3. The van der Waals surface area contributed by atoms with Gasteiger partial charge in [-0.05, 0) is 17.7 Å². The summed E-state index contributed by atoms with van der Waals surface area (Å²) in [6.07, 6.45) is 0. The summed E-state index contributed by atoms with van der Waals surface area (Å²) < 4.78 is 4.98. The summed E-state index contributed by atoms with van der Waals surface area (Å²) in [5.74, 6) is -0.384. The van der Waals surface area contributed by atoms with Gasteiger partial charge in [0, 0.05) is 0 Å². The molecule has 0 unspecified atom stereocenters. The molecule has 0 saturated carbocycles. The van der Waals surface area contributed by atoms with Crippen molar-refractivity contribution in [2.45, 2.75) is 6.04 Å². The van der Waals surface area contributed by atoms with Gasteiger partial charge in [0.05, 0.1) is 18.7 Å². The van der Waals surface area contributed by atoms with Crippen LogP contribution < -0.4 is 10.5 Å². The lowest BCUT2D eigenvalue weighted by molar-refractivity contribution is -0.132. The lowest BCUT2D eigenvalue weighted by Crippen LogP contribution is -2.18. The zero-order valence-electron chi connectivity index (χ0n) is 8.43. The van der Waals surface area contributed by atoms with E-state index in [0.29, 0.717) is 11.3 Å². The molecule has 3 N–H and O–H groups in total. The third kappa shape index (κ3) is 2.57. The molecule has 1 aromatic carbocycles. The Labute approximate surface area is 88.0 Å². The van der Waals surface area contributed by atoms with Gasteiger partial charge >= 0.3 is 5.97 Å². The minimum absolute atomic E-state index is 0.0276. The second-order valence-corrected chi connectivity index (χ2v) is 3.08. The van der Waals surface area contributed by atoms with Crippen molar-refractivity contribution < 1.29 is 14.6 Å². The van der Waals surface area contributed by atoms with Gasteiger partial charge in [-0.3, -0.25) is 0 Å². The highest BCUT2D eigenvalue weighted by atomic mass is 16.5. The van der Waals surface area contributed by atoms with E-state index in [2.05, 4.69) is 6.58 Å². The Morgan fingerprint density at radius 3 is 2.40 bits per heavy atom. The maximum Gasteiger partial charge on any atom is 0.332 e. The normalized spacial score (nSPS) is 11.9. The zero-order chi connectivity index (χ0) is 11.4. The third-order valence-corrected chi connectivity index (χ3v) is 2.13. The van der Waals surface area contributed by atoms with Crippen LogP contribution >= 0.6 is 0 Å². The maximum atomic E-state index is 10.6. The SMILES string of the molecule is C=C(C(=O)O)[C@@H](N)c1ccc(OC)cc1. The van der Waals surface area contributed by atoms with E-state index in [4.69, 9.17) is 15.6 Å². The number of rotatable bonds is 4. The molecule has 0 amide bonds. The van der Waals surface area contributed by atoms with Crippen molar-refractivity contribution in [1.82, 2.24) is 0 Å². The molecule has 0 aliphatic carbocycles. The van der Waals surface area contributed by atoms with Crippen LogP contribution in [0.4, 0.5) is 0 Å². The van der Waals surface area contributed by atoms with E-state index in [0.717, 1.165) is 0 Å². The highest BCUT2D eigenvalue weighted by Crippen LogP contribution is 2.20. The van der Waals surface area contributed by atoms with E-state index >= 15 is 0 Å². The summed E-state index contributed by atoms with van der Waals surface area (Å²) in [7, 11) is 1.56. The number of nitrogens with two attached hydrogens (primary N) is 1. The van der Waals surface area contributed by atoms with Gasteiger partial charge in [0.2, 0.25) is 0 Å². The number of carboxylic acids is 1. The Morgan fingerprint density at radius 1 is 1.47 bits per heavy atom. The zero-order valence-corrected chi connectivity index (χ0v) is 8.43. The second-order valence-electron chi connectivity index (χ2n) is 3.08. The smallest absolute Gasteiger partial charge is 0.332 e. The van der Waals surface area contributed by atoms with Gasteiger partial charge in [-0.15, -0.1) is 0 Å². The second kappa shape index (κ2) is 4.61. The lowest BCUT2D eigenvalue weighted by atomic mass is 10.0. The molecule has 1 aromatic rings. The molecule has 0 aliphatic rings. The number of hydrogen-bond donors (Lipinski definition) is 2. The molecule has 0 bridgehead atoms. The summed E-state index contributed by atoms with van der Waals surface area (Å²) in [4.78, 5) is 10.6. The summed E-state index contributed by atoms with van der Waals surface area (Å²) in [6, 6.07) is 6.21. The molecule has 80 valence electrons. The number of aliphatic carboxylic acids is 1. The first-order valence-corrected chi connectivity index (χ1v) is 4.38. The van der Waals surface area contributed by atoms with Crippen LogP contribution in [-0.2, 0) is 4.79 Å². The molecule has 0 saturated heterocycles. The average molecular weight is 207 g/mol. The molecule has 0 aliphatic heterocycles. The highest BCUT2D eigenvalue weighted by molar-refractivity contribution is 5.87. The molecule has 0 heterocycles. The van der Waals surface area contributed by atoms with Crippen molar-refractivity contribution in [1.29, 1.82) is 0 Å². The fourth-order valence-electron chi connectivity index (χ4n) is 1.15. The molecule has 4 heteroatoms. The minimum atomic E-state index is -1.08. The highest BCUT2D eigenvalue weighted by Gasteiger charge is 2.15. The van der Waals surface area contributed by atoms with Gasteiger partial charge < -0.3 is 15.6 Å². The first kappa shape index (κ1) is 11.3. The third-order valence-electron chi connectivity index (χ3n) is 2.13. The van der Waals surface area contributed by atoms with E-state index in [1.807, 2.05) is 0 Å². The van der Waals surface area contributed by atoms with Crippen LogP contribution in [0.25, 0.3) is 0 Å². The van der Waals surface area contributed by atoms with Crippen LogP contribution in [0.2, 0.25) is 0 Å². The number of benzene rings is 1. The Balaban J connectivity index is 2.87. The number of carbonyl (C=O) groups is 1. The number of ether oxygens (including phenoxy) is 1. The van der Waals surface area contributed by atoms with Gasteiger partial charge in [0.15, 0.2) is 0 Å². The summed E-state index contributed by atoms with van der Waals surface area (Å²) in [6.45, 7) is 3.42.